The van der Waals surface area contributed by atoms with Crippen LogP contribution in [0.2, 0.25) is 0 Å². The Balaban J connectivity index is 2.32. The van der Waals surface area contributed by atoms with Gasteiger partial charge in [0.25, 0.3) is 0 Å². The van der Waals surface area contributed by atoms with Gasteiger partial charge < -0.3 is 0 Å². The Morgan fingerprint density at radius 1 is 0.812 bits per heavy atom. The van der Waals surface area contributed by atoms with Crippen LogP contribution in [0.1, 0.15) is 27.6 Å². The summed E-state index contributed by atoms with van der Waals surface area (Å²) in [6.07, 6.45) is 5.99. The second-order valence-corrected chi connectivity index (χ2v) is 3.42. The minimum absolute atomic E-state index is 0.264. The molecule has 0 fully saturated rings. The van der Waals surface area contributed by atoms with Crippen LogP contribution in [0.15, 0.2) is 24.8 Å². The molecule has 2 aromatic rings. The van der Waals surface area contributed by atoms with Gasteiger partial charge in [0.2, 0.25) is 5.78 Å². The van der Waals surface area contributed by atoms with Crippen LogP contribution in [0.3, 0.4) is 0 Å². The molecule has 5 nitrogen and oxygen atoms in total. The smallest absolute Gasteiger partial charge is 0.232 e. The highest BCUT2D eigenvalue weighted by atomic mass is 16.1. The highest BCUT2D eigenvalue weighted by Gasteiger charge is 2.12. The molecule has 5 heteroatoms. The first-order chi connectivity index (χ1) is 7.66. The summed E-state index contributed by atoms with van der Waals surface area (Å²) in [7, 11) is 0. The molecule has 2 rings (SSSR count). The SMILES string of the molecule is Cc1cnc(C(=O)c2cnc(C)cn2)cn1. The minimum Gasteiger partial charge on any atom is -0.285 e. The van der Waals surface area contributed by atoms with Gasteiger partial charge in [-0.15, -0.1) is 0 Å². The molecule has 2 aromatic heterocycles. The molecule has 0 radical (unpaired) electrons. The summed E-state index contributed by atoms with van der Waals surface area (Å²) < 4.78 is 0. The van der Waals surface area contributed by atoms with Crippen molar-refractivity contribution < 1.29 is 4.79 Å². The van der Waals surface area contributed by atoms with E-state index in [4.69, 9.17) is 0 Å². The van der Waals surface area contributed by atoms with E-state index in [0.717, 1.165) is 11.4 Å². The average molecular weight is 214 g/mol. The van der Waals surface area contributed by atoms with E-state index in [-0.39, 0.29) is 17.2 Å². The molecule has 0 unspecified atom stereocenters. The maximum absolute atomic E-state index is 11.9. The van der Waals surface area contributed by atoms with Crippen LogP contribution in [0.25, 0.3) is 0 Å². The van der Waals surface area contributed by atoms with Crippen molar-refractivity contribution in [3.8, 4) is 0 Å². The van der Waals surface area contributed by atoms with Crippen LogP contribution < -0.4 is 0 Å². The maximum atomic E-state index is 11.9. The molecule has 0 bridgehead atoms. The first kappa shape index (κ1) is 10.4. The van der Waals surface area contributed by atoms with Crippen molar-refractivity contribution in [2.24, 2.45) is 0 Å². The Labute approximate surface area is 92.6 Å². The predicted molar refractivity (Wildman–Crippen MR) is 57.0 cm³/mol. The lowest BCUT2D eigenvalue weighted by Crippen LogP contribution is -2.08. The maximum Gasteiger partial charge on any atom is 0.232 e. The number of carbonyl (C=O) groups excluding carboxylic acids is 1. The van der Waals surface area contributed by atoms with Gasteiger partial charge in [-0.25, -0.2) is 9.97 Å². The standard InChI is InChI=1S/C11H10N4O/c1-7-3-14-9(5-12-7)11(16)10-6-13-8(2)4-15-10/h3-6H,1-2H3. The number of rotatable bonds is 2. The van der Waals surface area contributed by atoms with Gasteiger partial charge in [-0.1, -0.05) is 0 Å². The summed E-state index contributed by atoms with van der Waals surface area (Å²) in [5.41, 5.74) is 2.10. The minimum atomic E-state index is -0.264. The van der Waals surface area contributed by atoms with E-state index in [0.29, 0.717) is 0 Å². The zero-order chi connectivity index (χ0) is 11.5. The molecular weight excluding hydrogens is 204 g/mol. The second-order valence-electron chi connectivity index (χ2n) is 3.42. The first-order valence-electron chi connectivity index (χ1n) is 4.79. The van der Waals surface area contributed by atoms with Gasteiger partial charge in [0.15, 0.2) is 0 Å². The number of hydrogen-bond acceptors (Lipinski definition) is 5. The Hall–Kier alpha value is -2.17. The molecule has 0 saturated heterocycles. The third-order valence-electron chi connectivity index (χ3n) is 2.03. The van der Waals surface area contributed by atoms with Gasteiger partial charge >= 0.3 is 0 Å². The van der Waals surface area contributed by atoms with Crippen LogP contribution in [-0.4, -0.2) is 25.7 Å². The molecule has 0 saturated carbocycles. The number of nitrogens with zero attached hydrogens (tertiary/aromatic N) is 4. The predicted octanol–water partition coefficient (Wildman–Crippen LogP) is 1.11. The molecule has 0 aliphatic rings. The van der Waals surface area contributed by atoms with Crippen molar-refractivity contribution in [1.29, 1.82) is 0 Å². The molecule has 2 heterocycles. The Kier molecular flexibility index (Phi) is 2.68. The van der Waals surface area contributed by atoms with Crippen molar-refractivity contribution in [3.63, 3.8) is 0 Å². The summed E-state index contributed by atoms with van der Waals surface area (Å²) in [4.78, 5) is 27.9. The number of carbonyl (C=O) groups is 1. The topological polar surface area (TPSA) is 68.6 Å². The zero-order valence-electron chi connectivity index (χ0n) is 9.01. The lowest BCUT2D eigenvalue weighted by molar-refractivity contribution is 0.102. The Morgan fingerprint density at radius 3 is 1.56 bits per heavy atom. The molecule has 0 aliphatic carbocycles. The van der Waals surface area contributed by atoms with E-state index in [2.05, 4.69) is 19.9 Å². The molecule has 0 N–H and O–H groups in total. The Morgan fingerprint density at radius 2 is 1.25 bits per heavy atom. The van der Waals surface area contributed by atoms with E-state index in [1.807, 2.05) is 13.8 Å². The van der Waals surface area contributed by atoms with Gasteiger partial charge in [0.05, 0.1) is 23.8 Å². The van der Waals surface area contributed by atoms with E-state index in [9.17, 15) is 4.79 Å². The number of ketones is 1. The molecule has 16 heavy (non-hydrogen) atoms. The molecule has 0 atom stereocenters. The van der Waals surface area contributed by atoms with Crippen LogP contribution in [0.4, 0.5) is 0 Å². The van der Waals surface area contributed by atoms with Gasteiger partial charge in [-0.05, 0) is 13.8 Å². The van der Waals surface area contributed by atoms with Crippen LogP contribution in [-0.2, 0) is 0 Å². The van der Waals surface area contributed by atoms with Crippen molar-refractivity contribution in [3.05, 3.63) is 47.6 Å². The first-order valence-corrected chi connectivity index (χ1v) is 4.79. The van der Waals surface area contributed by atoms with E-state index in [1.54, 1.807) is 12.4 Å². The molecule has 80 valence electrons. The third-order valence-corrected chi connectivity index (χ3v) is 2.03. The molecule has 0 spiro atoms. The van der Waals surface area contributed by atoms with Gasteiger partial charge in [-0.2, -0.15) is 0 Å². The monoisotopic (exact) mass is 214 g/mol. The van der Waals surface area contributed by atoms with Crippen LogP contribution in [0.5, 0.6) is 0 Å². The number of hydrogen-bond donors (Lipinski definition) is 0. The normalized spacial score (nSPS) is 10.1. The fourth-order valence-electron chi connectivity index (χ4n) is 1.15. The van der Waals surface area contributed by atoms with E-state index in [1.165, 1.54) is 12.4 Å². The quantitative estimate of drug-likeness (QED) is 0.700. The van der Waals surface area contributed by atoms with Crippen LogP contribution in [0, 0.1) is 13.8 Å². The summed E-state index contributed by atoms with van der Waals surface area (Å²) in [6, 6.07) is 0. The number of aryl methyl sites for hydroxylation is 2. The van der Waals surface area contributed by atoms with Crippen molar-refractivity contribution in [1.82, 2.24) is 19.9 Å². The lowest BCUT2D eigenvalue weighted by atomic mass is 10.2. The fourth-order valence-corrected chi connectivity index (χ4v) is 1.15. The summed E-state index contributed by atoms with van der Waals surface area (Å²) in [6.45, 7) is 3.62. The molecular formula is C11H10N4O. The second kappa shape index (κ2) is 4.14. The lowest BCUT2D eigenvalue weighted by Gasteiger charge is -1.99. The zero-order valence-corrected chi connectivity index (χ0v) is 9.01. The average Bonchev–Trinajstić information content (AvgIpc) is 2.30. The van der Waals surface area contributed by atoms with Gasteiger partial charge in [0, 0.05) is 12.4 Å². The molecule has 0 aromatic carbocycles. The number of aromatic nitrogens is 4. The van der Waals surface area contributed by atoms with E-state index >= 15 is 0 Å². The summed E-state index contributed by atoms with van der Waals surface area (Å²) in [5.74, 6) is -0.264. The van der Waals surface area contributed by atoms with Crippen LogP contribution >= 0.6 is 0 Å². The highest BCUT2D eigenvalue weighted by molar-refractivity contribution is 6.05. The van der Waals surface area contributed by atoms with Gasteiger partial charge in [-0.3, -0.25) is 14.8 Å². The van der Waals surface area contributed by atoms with Gasteiger partial charge in [0.1, 0.15) is 11.4 Å². The van der Waals surface area contributed by atoms with Crippen molar-refractivity contribution in [2.45, 2.75) is 13.8 Å². The van der Waals surface area contributed by atoms with Crippen molar-refractivity contribution in [2.75, 3.05) is 0 Å². The highest BCUT2D eigenvalue weighted by Crippen LogP contribution is 2.03. The van der Waals surface area contributed by atoms with Crippen molar-refractivity contribution >= 4 is 5.78 Å². The molecule has 0 amide bonds. The fraction of sp³-hybridized carbons (Fsp3) is 0.182. The third kappa shape index (κ3) is 2.08. The summed E-state index contributed by atoms with van der Waals surface area (Å²) in [5, 5.41) is 0. The Bertz CT molecular complexity index is 457. The summed E-state index contributed by atoms with van der Waals surface area (Å²) >= 11 is 0. The largest absolute Gasteiger partial charge is 0.285 e. The molecule has 0 aliphatic heterocycles. The van der Waals surface area contributed by atoms with E-state index < -0.39 is 0 Å².